The lowest BCUT2D eigenvalue weighted by molar-refractivity contribution is -0.126. The van der Waals surface area contributed by atoms with Crippen LogP contribution < -0.4 is 4.74 Å². The lowest BCUT2D eigenvalue weighted by Crippen LogP contribution is -2.28. The van der Waals surface area contributed by atoms with Crippen LogP contribution in [0.4, 0.5) is 0 Å². The summed E-state index contributed by atoms with van der Waals surface area (Å²) < 4.78 is 7.41. The maximum absolute atomic E-state index is 12.9. The van der Waals surface area contributed by atoms with E-state index >= 15 is 0 Å². The summed E-state index contributed by atoms with van der Waals surface area (Å²) in [6, 6.07) is 18.4. The van der Waals surface area contributed by atoms with E-state index in [2.05, 4.69) is 29.4 Å². The maximum atomic E-state index is 12.9. The van der Waals surface area contributed by atoms with E-state index in [0.29, 0.717) is 13.2 Å². The fraction of sp³-hybridized carbons (Fsp3) is 0.280. The average Bonchev–Trinajstić information content (AvgIpc) is 3.43. The Hall–Kier alpha value is -3.34. The summed E-state index contributed by atoms with van der Waals surface area (Å²) in [5.41, 5.74) is 3.28. The van der Waals surface area contributed by atoms with Crippen molar-refractivity contribution in [3.8, 4) is 5.75 Å². The quantitative estimate of drug-likeness (QED) is 0.539. The molecule has 30 heavy (non-hydrogen) atoms. The van der Waals surface area contributed by atoms with E-state index in [-0.39, 0.29) is 11.9 Å². The Morgan fingerprint density at radius 3 is 2.73 bits per heavy atom. The zero-order chi connectivity index (χ0) is 20.8. The molecule has 0 N–H and O–H groups in total. The Kier molecular flexibility index (Phi) is 6.28. The number of benzene rings is 2. The molecule has 4 rings (SSSR count). The number of amides is 1. The van der Waals surface area contributed by atoms with Gasteiger partial charge in [0.25, 0.3) is 0 Å². The Morgan fingerprint density at radius 2 is 1.97 bits per heavy atom. The zero-order valence-corrected chi connectivity index (χ0v) is 17.3. The topological polar surface area (TPSA) is 47.4 Å². The normalized spacial score (nSPS) is 16.3. The minimum atomic E-state index is 0.0437. The summed E-state index contributed by atoms with van der Waals surface area (Å²) in [5.74, 6) is 0.909. The van der Waals surface area contributed by atoms with Gasteiger partial charge in [0.1, 0.15) is 5.75 Å². The maximum Gasteiger partial charge on any atom is 0.247 e. The van der Waals surface area contributed by atoms with Crippen LogP contribution in [0.2, 0.25) is 0 Å². The van der Waals surface area contributed by atoms with Gasteiger partial charge in [-0.05, 0) is 49.1 Å². The molecule has 2 heterocycles. The first-order chi connectivity index (χ1) is 14.7. The van der Waals surface area contributed by atoms with Crippen molar-refractivity contribution >= 4 is 12.0 Å². The number of hydrogen-bond donors (Lipinski definition) is 0. The van der Waals surface area contributed by atoms with Crippen LogP contribution in [0.15, 0.2) is 73.1 Å². The molecule has 0 aliphatic carbocycles. The molecule has 0 radical (unpaired) electrons. The summed E-state index contributed by atoms with van der Waals surface area (Å²) in [6.07, 6.45) is 9.28. The molecule has 1 aliphatic heterocycles. The van der Waals surface area contributed by atoms with Crippen molar-refractivity contribution in [2.45, 2.75) is 32.4 Å². The van der Waals surface area contributed by atoms with Gasteiger partial charge in [-0.3, -0.25) is 9.48 Å². The predicted molar refractivity (Wildman–Crippen MR) is 118 cm³/mol. The molecule has 1 aromatic heterocycles. The standard InChI is InChI=1S/C25H27N3O2/c1-2-30-23-13-11-22(12-14-23)24-9-6-16-28(24)25(29)15-10-21-17-26-27(19-21)18-20-7-4-3-5-8-20/h3-5,7-8,10-15,17,19,24H,2,6,9,16,18H2,1H3/b15-10+. The summed E-state index contributed by atoms with van der Waals surface area (Å²) in [5, 5.41) is 4.40. The number of nitrogens with zero attached hydrogens (tertiary/aromatic N) is 3. The van der Waals surface area contributed by atoms with Gasteiger partial charge in [0.15, 0.2) is 0 Å². The molecule has 154 valence electrons. The van der Waals surface area contributed by atoms with Crippen LogP contribution in [0.1, 0.15) is 42.5 Å². The number of carbonyl (C=O) groups is 1. The van der Waals surface area contributed by atoms with Gasteiger partial charge in [-0.15, -0.1) is 0 Å². The van der Waals surface area contributed by atoms with E-state index in [4.69, 9.17) is 4.74 Å². The van der Waals surface area contributed by atoms with E-state index < -0.39 is 0 Å². The Bertz CT molecular complexity index is 993. The van der Waals surface area contributed by atoms with E-state index in [1.807, 2.05) is 59.1 Å². The minimum Gasteiger partial charge on any atom is -0.494 e. The average molecular weight is 402 g/mol. The summed E-state index contributed by atoms with van der Waals surface area (Å²) in [6.45, 7) is 4.13. The highest BCUT2D eigenvalue weighted by Gasteiger charge is 2.28. The first-order valence-electron chi connectivity index (χ1n) is 10.5. The van der Waals surface area contributed by atoms with Crippen molar-refractivity contribution in [3.63, 3.8) is 0 Å². The molecule has 3 aromatic rings. The van der Waals surface area contributed by atoms with E-state index in [0.717, 1.165) is 36.3 Å². The fourth-order valence-corrected chi connectivity index (χ4v) is 3.92. The van der Waals surface area contributed by atoms with Gasteiger partial charge < -0.3 is 9.64 Å². The lowest BCUT2D eigenvalue weighted by atomic mass is 10.0. The first kappa shape index (κ1) is 20.0. The van der Waals surface area contributed by atoms with Crippen molar-refractivity contribution in [2.75, 3.05) is 13.2 Å². The van der Waals surface area contributed by atoms with Gasteiger partial charge >= 0.3 is 0 Å². The second kappa shape index (κ2) is 9.44. The molecule has 0 spiro atoms. The lowest BCUT2D eigenvalue weighted by Gasteiger charge is -2.24. The number of likely N-dealkylation sites (tertiary alicyclic amines) is 1. The first-order valence-corrected chi connectivity index (χ1v) is 10.5. The monoisotopic (exact) mass is 401 g/mol. The molecule has 1 amide bonds. The van der Waals surface area contributed by atoms with Crippen molar-refractivity contribution in [2.24, 2.45) is 0 Å². The van der Waals surface area contributed by atoms with E-state index in [9.17, 15) is 4.79 Å². The molecular formula is C25H27N3O2. The van der Waals surface area contributed by atoms with Crippen LogP contribution in [0.25, 0.3) is 6.08 Å². The van der Waals surface area contributed by atoms with Gasteiger partial charge in [-0.25, -0.2) is 0 Å². The fourth-order valence-electron chi connectivity index (χ4n) is 3.92. The molecule has 2 aromatic carbocycles. The predicted octanol–water partition coefficient (Wildman–Crippen LogP) is 4.71. The summed E-state index contributed by atoms with van der Waals surface area (Å²) in [4.78, 5) is 14.8. The van der Waals surface area contributed by atoms with Gasteiger partial charge in [0.05, 0.1) is 25.4 Å². The van der Waals surface area contributed by atoms with Gasteiger partial charge in [-0.1, -0.05) is 42.5 Å². The van der Waals surface area contributed by atoms with Gasteiger partial charge in [0, 0.05) is 24.4 Å². The highest BCUT2D eigenvalue weighted by Crippen LogP contribution is 2.33. The molecule has 1 fully saturated rings. The van der Waals surface area contributed by atoms with Crippen molar-refractivity contribution < 1.29 is 9.53 Å². The third-order valence-corrected chi connectivity index (χ3v) is 5.37. The highest BCUT2D eigenvalue weighted by molar-refractivity contribution is 5.92. The zero-order valence-electron chi connectivity index (χ0n) is 17.3. The third-order valence-electron chi connectivity index (χ3n) is 5.37. The Balaban J connectivity index is 1.39. The summed E-state index contributed by atoms with van der Waals surface area (Å²) >= 11 is 0. The van der Waals surface area contributed by atoms with E-state index in [1.165, 1.54) is 5.56 Å². The Morgan fingerprint density at radius 1 is 1.17 bits per heavy atom. The van der Waals surface area contributed by atoms with Crippen LogP contribution in [-0.2, 0) is 11.3 Å². The Labute approximate surface area is 177 Å². The summed E-state index contributed by atoms with van der Waals surface area (Å²) in [7, 11) is 0. The van der Waals surface area contributed by atoms with Crippen LogP contribution >= 0.6 is 0 Å². The molecule has 5 heteroatoms. The molecule has 5 nitrogen and oxygen atoms in total. The van der Waals surface area contributed by atoms with Gasteiger partial charge in [0.2, 0.25) is 5.91 Å². The van der Waals surface area contributed by atoms with Crippen LogP contribution in [0.5, 0.6) is 5.75 Å². The molecule has 0 bridgehead atoms. The van der Waals surface area contributed by atoms with Crippen LogP contribution in [0, 0.1) is 0 Å². The molecular weight excluding hydrogens is 374 g/mol. The molecule has 1 atom stereocenters. The van der Waals surface area contributed by atoms with E-state index in [1.54, 1.807) is 12.3 Å². The molecule has 1 aliphatic rings. The number of carbonyl (C=O) groups excluding carboxylic acids is 1. The number of rotatable bonds is 7. The van der Waals surface area contributed by atoms with Crippen LogP contribution in [0.3, 0.4) is 0 Å². The van der Waals surface area contributed by atoms with Crippen molar-refractivity contribution in [1.29, 1.82) is 0 Å². The van der Waals surface area contributed by atoms with Crippen LogP contribution in [-0.4, -0.2) is 33.7 Å². The van der Waals surface area contributed by atoms with Crippen molar-refractivity contribution in [3.05, 3.63) is 89.8 Å². The number of ether oxygens (including phenoxy) is 1. The minimum absolute atomic E-state index is 0.0437. The largest absolute Gasteiger partial charge is 0.494 e. The molecule has 0 saturated carbocycles. The van der Waals surface area contributed by atoms with Gasteiger partial charge in [-0.2, -0.15) is 5.10 Å². The number of aromatic nitrogens is 2. The second-order valence-corrected chi connectivity index (χ2v) is 7.48. The molecule has 1 saturated heterocycles. The second-order valence-electron chi connectivity index (χ2n) is 7.48. The third kappa shape index (κ3) is 4.79. The SMILES string of the molecule is CCOc1ccc(C2CCCN2C(=O)/C=C/c2cnn(Cc3ccccc3)c2)cc1. The van der Waals surface area contributed by atoms with Crippen molar-refractivity contribution in [1.82, 2.24) is 14.7 Å². The highest BCUT2D eigenvalue weighted by atomic mass is 16.5. The smallest absolute Gasteiger partial charge is 0.247 e. The number of hydrogen-bond acceptors (Lipinski definition) is 3. The molecule has 1 unspecified atom stereocenters.